The van der Waals surface area contributed by atoms with Crippen LogP contribution in [0.25, 0.3) is 20.8 Å². The van der Waals surface area contributed by atoms with Gasteiger partial charge in [0.2, 0.25) is 12.7 Å². The molecule has 1 aliphatic rings. The lowest BCUT2D eigenvalue weighted by Gasteiger charge is -2.16. The van der Waals surface area contributed by atoms with Crippen LogP contribution in [-0.2, 0) is 11.3 Å². The molecule has 1 amide bonds. The van der Waals surface area contributed by atoms with Crippen LogP contribution in [0.5, 0.6) is 11.5 Å². The maximum atomic E-state index is 12.6. The maximum absolute atomic E-state index is 12.6. The average molecular weight is 432 g/mol. The van der Waals surface area contributed by atoms with Crippen LogP contribution in [0.2, 0.25) is 0 Å². The lowest BCUT2D eigenvalue weighted by Crippen LogP contribution is -2.37. The van der Waals surface area contributed by atoms with Gasteiger partial charge < -0.3 is 20.1 Å². The van der Waals surface area contributed by atoms with E-state index in [1.807, 2.05) is 67.6 Å². The monoisotopic (exact) mass is 431 g/mol. The van der Waals surface area contributed by atoms with Gasteiger partial charge in [0.15, 0.2) is 11.5 Å². The van der Waals surface area contributed by atoms with Crippen molar-refractivity contribution in [3.63, 3.8) is 0 Å². The predicted octanol–water partition coefficient (Wildman–Crippen LogP) is 4.81. The summed E-state index contributed by atoms with van der Waals surface area (Å²) in [6.45, 7) is 2.51. The predicted molar refractivity (Wildman–Crippen MR) is 123 cm³/mol. The minimum Gasteiger partial charge on any atom is -0.454 e. The quantitative estimate of drug-likeness (QED) is 0.458. The first-order chi connectivity index (χ1) is 15.2. The fourth-order valence-corrected chi connectivity index (χ4v) is 4.41. The highest BCUT2D eigenvalue weighted by molar-refractivity contribution is 7.21. The van der Waals surface area contributed by atoms with Crippen molar-refractivity contribution in [1.29, 1.82) is 0 Å². The van der Waals surface area contributed by atoms with E-state index in [2.05, 4.69) is 16.7 Å². The molecule has 0 saturated heterocycles. The number of carbonyl (C=O) groups excluding carboxylic acids is 1. The Kier molecular flexibility index (Phi) is 5.18. The second kappa shape index (κ2) is 8.28. The standard InChI is InChI=1S/C24H21N3O3S/c1-15(23(28)25-13-16-9-10-20-21(11-16)30-14-29-20)26-18-6-4-5-17(12-18)24-27-19-7-2-3-8-22(19)31-24/h2-12,15,26H,13-14H2,1H3,(H,25,28). The zero-order valence-corrected chi connectivity index (χ0v) is 17.7. The largest absolute Gasteiger partial charge is 0.454 e. The fraction of sp³-hybridized carbons (Fsp3) is 0.167. The maximum Gasteiger partial charge on any atom is 0.242 e. The molecule has 4 aromatic rings. The molecule has 0 aliphatic carbocycles. The van der Waals surface area contributed by atoms with Crippen molar-refractivity contribution in [3.05, 3.63) is 72.3 Å². The summed E-state index contributed by atoms with van der Waals surface area (Å²) < 4.78 is 11.9. The number of rotatable bonds is 6. The lowest BCUT2D eigenvalue weighted by atomic mass is 10.1. The Morgan fingerprint density at radius 2 is 1.94 bits per heavy atom. The molecule has 0 saturated carbocycles. The van der Waals surface area contributed by atoms with E-state index in [-0.39, 0.29) is 18.7 Å². The highest BCUT2D eigenvalue weighted by Gasteiger charge is 2.16. The molecule has 0 radical (unpaired) electrons. The van der Waals surface area contributed by atoms with Crippen LogP contribution in [0.3, 0.4) is 0 Å². The Labute approximate surface area is 183 Å². The molecule has 3 aromatic carbocycles. The van der Waals surface area contributed by atoms with Gasteiger partial charge in [0.05, 0.1) is 10.2 Å². The van der Waals surface area contributed by atoms with Crippen LogP contribution < -0.4 is 20.1 Å². The van der Waals surface area contributed by atoms with Gasteiger partial charge in [-0.15, -0.1) is 11.3 Å². The molecule has 156 valence electrons. The first-order valence-electron chi connectivity index (χ1n) is 10.0. The van der Waals surface area contributed by atoms with E-state index in [1.54, 1.807) is 11.3 Å². The number of ether oxygens (including phenoxy) is 2. The molecular formula is C24H21N3O3S. The molecule has 2 N–H and O–H groups in total. The molecule has 1 aliphatic heterocycles. The minimum atomic E-state index is -0.389. The molecule has 7 heteroatoms. The van der Waals surface area contributed by atoms with Crippen LogP contribution in [0.4, 0.5) is 5.69 Å². The Hall–Kier alpha value is -3.58. The van der Waals surface area contributed by atoms with Crippen molar-refractivity contribution in [2.75, 3.05) is 12.1 Å². The van der Waals surface area contributed by atoms with Crippen molar-refractivity contribution >= 4 is 33.1 Å². The zero-order valence-electron chi connectivity index (χ0n) is 16.9. The number of nitrogens with zero attached hydrogens (tertiary/aromatic N) is 1. The number of benzene rings is 3. The molecule has 2 heterocycles. The summed E-state index contributed by atoms with van der Waals surface area (Å²) in [7, 11) is 0. The molecular weight excluding hydrogens is 410 g/mol. The Morgan fingerprint density at radius 3 is 2.84 bits per heavy atom. The first kappa shape index (κ1) is 19.4. The molecule has 1 unspecified atom stereocenters. The number of carbonyl (C=O) groups is 1. The van der Waals surface area contributed by atoms with Gasteiger partial charge in [0.1, 0.15) is 11.0 Å². The molecule has 5 rings (SSSR count). The summed E-state index contributed by atoms with van der Waals surface area (Å²) in [6.07, 6.45) is 0. The van der Waals surface area contributed by atoms with E-state index in [9.17, 15) is 4.79 Å². The van der Waals surface area contributed by atoms with E-state index in [0.717, 1.165) is 37.8 Å². The van der Waals surface area contributed by atoms with Crippen molar-refractivity contribution < 1.29 is 14.3 Å². The molecule has 1 atom stereocenters. The van der Waals surface area contributed by atoms with Crippen molar-refractivity contribution in [3.8, 4) is 22.1 Å². The van der Waals surface area contributed by atoms with Gasteiger partial charge in [-0.25, -0.2) is 4.98 Å². The first-order valence-corrected chi connectivity index (χ1v) is 10.9. The van der Waals surface area contributed by atoms with E-state index >= 15 is 0 Å². The molecule has 0 bridgehead atoms. The second-order valence-corrected chi connectivity index (χ2v) is 8.37. The Morgan fingerprint density at radius 1 is 1.06 bits per heavy atom. The van der Waals surface area contributed by atoms with Crippen LogP contribution in [-0.4, -0.2) is 23.7 Å². The van der Waals surface area contributed by atoms with Crippen molar-refractivity contribution in [1.82, 2.24) is 10.3 Å². The van der Waals surface area contributed by atoms with Gasteiger partial charge in [-0.05, 0) is 48.9 Å². The van der Waals surface area contributed by atoms with Crippen LogP contribution in [0.15, 0.2) is 66.7 Å². The summed E-state index contributed by atoms with van der Waals surface area (Å²) >= 11 is 1.66. The number of thiazole rings is 1. The van der Waals surface area contributed by atoms with E-state index in [0.29, 0.717) is 12.3 Å². The number of amides is 1. The number of fused-ring (bicyclic) bond motifs is 2. The van der Waals surface area contributed by atoms with Crippen LogP contribution in [0, 0.1) is 0 Å². The third-order valence-electron chi connectivity index (χ3n) is 5.08. The van der Waals surface area contributed by atoms with Crippen molar-refractivity contribution in [2.45, 2.75) is 19.5 Å². The van der Waals surface area contributed by atoms with Crippen LogP contribution >= 0.6 is 11.3 Å². The highest BCUT2D eigenvalue weighted by Crippen LogP contribution is 2.33. The smallest absolute Gasteiger partial charge is 0.242 e. The number of nitrogens with one attached hydrogen (secondary N) is 2. The molecule has 1 aromatic heterocycles. The lowest BCUT2D eigenvalue weighted by molar-refractivity contribution is -0.121. The van der Waals surface area contributed by atoms with Gasteiger partial charge >= 0.3 is 0 Å². The summed E-state index contributed by atoms with van der Waals surface area (Å²) in [5.74, 6) is 1.37. The van der Waals surface area contributed by atoms with E-state index in [1.165, 1.54) is 0 Å². The van der Waals surface area contributed by atoms with Crippen molar-refractivity contribution in [2.24, 2.45) is 0 Å². The number of hydrogen-bond donors (Lipinski definition) is 2. The van der Waals surface area contributed by atoms with Gasteiger partial charge in [-0.1, -0.05) is 30.3 Å². The van der Waals surface area contributed by atoms with Crippen LogP contribution in [0.1, 0.15) is 12.5 Å². The molecule has 0 spiro atoms. The zero-order chi connectivity index (χ0) is 21.2. The number of aromatic nitrogens is 1. The number of anilines is 1. The molecule has 0 fully saturated rings. The Balaban J connectivity index is 1.23. The average Bonchev–Trinajstić information content (AvgIpc) is 3.44. The topological polar surface area (TPSA) is 72.5 Å². The summed E-state index contributed by atoms with van der Waals surface area (Å²) in [4.78, 5) is 17.3. The summed E-state index contributed by atoms with van der Waals surface area (Å²) in [5.41, 5.74) is 3.86. The summed E-state index contributed by atoms with van der Waals surface area (Å²) in [6, 6.07) is 21.4. The second-order valence-electron chi connectivity index (χ2n) is 7.34. The van der Waals surface area contributed by atoms with E-state index in [4.69, 9.17) is 14.5 Å². The van der Waals surface area contributed by atoms with Gasteiger partial charge in [-0.2, -0.15) is 0 Å². The third kappa shape index (κ3) is 4.18. The van der Waals surface area contributed by atoms with Gasteiger partial charge in [0, 0.05) is 17.8 Å². The minimum absolute atomic E-state index is 0.0805. The third-order valence-corrected chi connectivity index (χ3v) is 6.17. The van der Waals surface area contributed by atoms with Gasteiger partial charge in [-0.3, -0.25) is 4.79 Å². The highest BCUT2D eigenvalue weighted by atomic mass is 32.1. The van der Waals surface area contributed by atoms with E-state index < -0.39 is 0 Å². The Bertz CT molecular complexity index is 1220. The number of hydrogen-bond acceptors (Lipinski definition) is 6. The SMILES string of the molecule is CC(Nc1cccc(-c2nc3ccccc3s2)c1)C(=O)NCc1ccc2c(c1)OCO2. The fourth-order valence-electron chi connectivity index (χ4n) is 3.45. The normalized spacial score (nSPS) is 13.2. The molecule has 31 heavy (non-hydrogen) atoms. The number of para-hydroxylation sites is 1. The molecule has 6 nitrogen and oxygen atoms in total. The van der Waals surface area contributed by atoms with Gasteiger partial charge in [0.25, 0.3) is 0 Å². The summed E-state index contributed by atoms with van der Waals surface area (Å²) in [5, 5.41) is 7.21.